The van der Waals surface area contributed by atoms with Crippen molar-refractivity contribution < 1.29 is 29.3 Å². The van der Waals surface area contributed by atoms with E-state index in [2.05, 4.69) is 17.4 Å². The predicted molar refractivity (Wildman–Crippen MR) is 121 cm³/mol. The van der Waals surface area contributed by atoms with Gasteiger partial charge in [-0.15, -0.1) is 0 Å². The van der Waals surface area contributed by atoms with Crippen molar-refractivity contribution in [2.45, 2.75) is 25.4 Å². The number of aliphatic hydroxyl groups is 1. The standard InChI is InChI=1S/C25H28N2O6/c1-15(24(30)31)16-12-27(13-16)23(29)10-17(28)11-26-25(32)33-14-22-20-8-4-2-6-18(20)19-7-3-5-9-21(19)22/h2-9,15-17,22,28H,10-14H2,1H3,(H,26,32)(H,30,31). The van der Waals surface area contributed by atoms with E-state index in [1.807, 2.05) is 36.4 Å². The summed E-state index contributed by atoms with van der Waals surface area (Å²) in [7, 11) is 0. The van der Waals surface area contributed by atoms with Crippen molar-refractivity contribution in [2.24, 2.45) is 11.8 Å². The molecule has 0 saturated carbocycles. The van der Waals surface area contributed by atoms with Crippen LogP contribution in [0.4, 0.5) is 4.79 Å². The number of carbonyl (C=O) groups is 3. The van der Waals surface area contributed by atoms with Crippen molar-refractivity contribution in [3.8, 4) is 11.1 Å². The summed E-state index contributed by atoms with van der Waals surface area (Å²) in [5, 5.41) is 21.7. The molecule has 8 heteroatoms. The molecule has 1 aliphatic carbocycles. The second-order valence-corrected chi connectivity index (χ2v) is 8.75. The molecule has 2 aliphatic rings. The number of benzene rings is 2. The average molecular weight is 453 g/mol. The molecule has 0 spiro atoms. The Morgan fingerprint density at radius 1 is 1.06 bits per heavy atom. The van der Waals surface area contributed by atoms with Crippen LogP contribution in [-0.2, 0) is 14.3 Å². The van der Waals surface area contributed by atoms with Crippen LogP contribution in [-0.4, -0.2) is 65.4 Å². The number of carboxylic acids is 1. The Morgan fingerprint density at radius 3 is 2.21 bits per heavy atom. The Labute approximate surface area is 192 Å². The second kappa shape index (κ2) is 9.62. The van der Waals surface area contributed by atoms with Gasteiger partial charge < -0.3 is 25.2 Å². The smallest absolute Gasteiger partial charge is 0.407 e. The minimum absolute atomic E-state index is 0.0535. The topological polar surface area (TPSA) is 116 Å². The largest absolute Gasteiger partial charge is 0.481 e. The monoisotopic (exact) mass is 452 g/mol. The van der Waals surface area contributed by atoms with Gasteiger partial charge in [-0.05, 0) is 22.3 Å². The molecular weight excluding hydrogens is 424 g/mol. The van der Waals surface area contributed by atoms with Crippen LogP contribution in [0.1, 0.15) is 30.4 Å². The molecular formula is C25H28N2O6. The molecule has 0 aromatic heterocycles. The van der Waals surface area contributed by atoms with Gasteiger partial charge in [0, 0.05) is 31.5 Å². The number of alkyl carbamates (subject to hydrolysis) is 1. The van der Waals surface area contributed by atoms with Gasteiger partial charge >= 0.3 is 12.1 Å². The molecule has 1 saturated heterocycles. The summed E-state index contributed by atoms with van der Waals surface area (Å²) in [6, 6.07) is 16.1. The Balaban J connectivity index is 1.21. The number of carbonyl (C=O) groups excluding carboxylic acids is 2. The Kier molecular flexibility index (Phi) is 6.65. The van der Waals surface area contributed by atoms with E-state index < -0.39 is 24.1 Å². The van der Waals surface area contributed by atoms with Crippen LogP contribution in [0, 0.1) is 11.8 Å². The summed E-state index contributed by atoms with van der Waals surface area (Å²) in [6.07, 6.45) is -1.84. The second-order valence-electron chi connectivity index (χ2n) is 8.75. The number of hydrogen-bond donors (Lipinski definition) is 3. The molecule has 2 atom stereocenters. The molecule has 2 aromatic carbocycles. The van der Waals surface area contributed by atoms with Crippen molar-refractivity contribution in [3.05, 3.63) is 59.7 Å². The summed E-state index contributed by atoms with van der Waals surface area (Å²) in [5.74, 6) is -1.76. The van der Waals surface area contributed by atoms with E-state index in [-0.39, 0.29) is 37.3 Å². The Morgan fingerprint density at radius 2 is 1.64 bits per heavy atom. The zero-order valence-corrected chi connectivity index (χ0v) is 18.4. The maximum atomic E-state index is 12.2. The van der Waals surface area contributed by atoms with Gasteiger partial charge in [-0.3, -0.25) is 9.59 Å². The number of rotatable bonds is 8. The number of fused-ring (bicyclic) bond motifs is 3. The maximum Gasteiger partial charge on any atom is 0.407 e. The number of likely N-dealkylation sites (tertiary alicyclic amines) is 1. The third kappa shape index (κ3) is 4.85. The predicted octanol–water partition coefficient (Wildman–Crippen LogP) is 2.46. The highest BCUT2D eigenvalue weighted by molar-refractivity contribution is 5.79. The van der Waals surface area contributed by atoms with Crippen LogP contribution in [0.2, 0.25) is 0 Å². The van der Waals surface area contributed by atoms with Crippen LogP contribution in [0.3, 0.4) is 0 Å². The minimum Gasteiger partial charge on any atom is -0.481 e. The van der Waals surface area contributed by atoms with Gasteiger partial charge in [0.1, 0.15) is 6.61 Å². The molecule has 33 heavy (non-hydrogen) atoms. The van der Waals surface area contributed by atoms with E-state index in [0.717, 1.165) is 22.3 Å². The van der Waals surface area contributed by atoms with Crippen molar-refractivity contribution in [2.75, 3.05) is 26.2 Å². The first-order valence-electron chi connectivity index (χ1n) is 11.1. The van der Waals surface area contributed by atoms with E-state index in [4.69, 9.17) is 9.84 Å². The molecule has 2 aromatic rings. The van der Waals surface area contributed by atoms with Crippen LogP contribution >= 0.6 is 0 Å². The summed E-state index contributed by atoms with van der Waals surface area (Å²) < 4.78 is 5.43. The van der Waals surface area contributed by atoms with E-state index in [1.165, 1.54) is 4.90 Å². The van der Waals surface area contributed by atoms with Gasteiger partial charge in [-0.2, -0.15) is 0 Å². The number of carboxylic acid groups (broad SMARTS) is 1. The summed E-state index contributed by atoms with van der Waals surface area (Å²) in [4.78, 5) is 37.0. The normalized spacial score (nSPS) is 16.8. The molecule has 2 unspecified atom stereocenters. The van der Waals surface area contributed by atoms with Crippen LogP contribution < -0.4 is 5.32 Å². The van der Waals surface area contributed by atoms with Gasteiger partial charge in [0.2, 0.25) is 5.91 Å². The van der Waals surface area contributed by atoms with Crippen molar-refractivity contribution in [1.29, 1.82) is 0 Å². The first-order chi connectivity index (χ1) is 15.8. The van der Waals surface area contributed by atoms with E-state index in [1.54, 1.807) is 6.92 Å². The molecule has 0 bridgehead atoms. The number of amides is 2. The highest BCUT2D eigenvalue weighted by atomic mass is 16.5. The number of aliphatic hydroxyl groups excluding tert-OH is 1. The minimum atomic E-state index is -1.05. The summed E-state index contributed by atoms with van der Waals surface area (Å²) in [5.41, 5.74) is 4.51. The van der Waals surface area contributed by atoms with E-state index >= 15 is 0 Å². The molecule has 174 valence electrons. The quantitative estimate of drug-likeness (QED) is 0.567. The average Bonchev–Trinajstić information content (AvgIpc) is 3.09. The molecule has 0 radical (unpaired) electrons. The molecule has 3 N–H and O–H groups in total. The van der Waals surface area contributed by atoms with Crippen molar-refractivity contribution in [1.82, 2.24) is 10.2 Å². The molecule has 8 nitrogen and oxygen atoms in total. The molecule has 1 fully saturated rings. The summed E-state index contributed by atoms with van der Waals surface area (Å²) in [6.45, 7) is 2.44. The van der Waals surface area contributed by atoms with Crippen LogP contribution in [0.25, 0.3) is 11.1 Å². The summed E-state index contributed by atoms with van der Waals surface area (Å²) >= 11 is 0. The lowest BCUT2D eigenvalue weighted by atomic mass is 9.87. The van der Waals surface area contributed by atoms with Crippen LogP contribution in [0.15, 0.2) is 48.5 Å². The highest BCUT2D eigenvalue weighted by Gasteiger charge is 2.37. The fourth-order valence-electron chi connectivity index (χ4n) is 4.49. The van der Waals surface area contributed by atoms with Crippen molar-refractivity contribution >= 4 is 18.0 Å². The van der Waals surface area contributed by atoms with Gasteiger partial charge in [0.15, 0.2) is 0 Å². The van der Waals surface area contributed by atoms with Gasteiger partial charge in [0.05, 0.1) is 18.4 Å². The Bertz CT molecular complexity index is 1000. The first kappa shape index (κ1) is 22.8. The van der Waals surface area contributed by atoms with Crippen molar-refractivity contribution in [3.63, 3.8) is 0 Å². The molecule has 4 rings (SSSR count). The van der Waals surface area contributed by atoms with E-state index in [0.29, 0.717) is 13.1 Å². The Hall–Kier alpha value is -3.39. The third-order valence-electron chi connectivity index (χ3n) is 6.60. The maximum absolute atomic E-state index is 12.2. The van der Waals surface area contributed by atoms with Gasteiger partial charge in [-0.25, -0.2) is 4.79 Å². The third-order valence-corrected chi connectivity index (χ3v) is 6.60. The number of ether oxygens (including phenoxy) is 1. The number of nitrogens with one attached hydrogen (secondary N) is 1. The lowest BCUT2D eigenvalue weighted by Crippen LogP contribution is -2.54. The molecule has 1 heterocycles. The first-order valence-corrected chi connectivity index (χ1v) is 11.1. The number of aliphatic carboxylic acids is 1. The SMILES string of the molecule is CC(C(=O)O)C1CN(C(=O)CC(O)CNC(=O)OCC2c3ccccc3-c3ccccc32)C1. The zero-order valence-electron chi connectivity index (χ0n) is 18.4. The van der Waals surface area contributed by atoms with Gasteiger partial charge in [0.25, 0.3) is 0 Å². The van der Waals surface area contributed by atoms with Gasteiger partial charge in [-0.1, -0.05) is 55.5 Å². The molecule has 2 amide bonds. The number of hydrogen-bond acceptors (Lipinski definition) is 5. The van der Waals surface area contributed by atoms with E-state index in [9.17, 15) is 19.5 Å². The highest BCUT2D eigenvalue weighted by Crippen LogP contribution is 2.44. The fraction of sp³-hybridized carbons (Fsp3) is 0.400. The lowest BCUT2D eigenvalue weighted by molar-refractivity contribution is -0.151. The number of nitrogens with zero attached hydrogens (tertiary/aromatic N) is 1. The van der Waals surface area contributed by atoms with Crippen LogP contribution in [0.5, 0.6) is 0 Å². The fourth-order valence-corrected chi connectivity index (χ4v) is 4.49. The zero-order chi connectivity index (χ0) is 23.5. The molecule has 1 aliphatic heterocycles. The lowest BCUT2D eigenvalue weighted by Gasteiger charge is -2.41.